The summed E-state index contributed by atoms with van der Waals surface area (Å²) in [6, 6.07) is 0.603. The topological polar surface area (TPSA) is 57.8 Å². The molecule has 5 nitrogen and oxygen atoms in total. The second-order valence-electron chi connectivity index (χ2n) is 4.53. The van der Waals surface area contributed by atoms with Crippen LogP contribution in [0.25, 0.3) is 0 Å². The molecule has 0 spiro atoms. The van der Waals surface area contributed by atoms with Crippen LogP contribution in [0.3, 0.4) is 0 Å². The van der Waals surface area contributed by atoms with Crippen molar-refractivity contribution in [2.45, 2.75) is 25.4 Å². The van der Waals surface area contributed by atoms with Crippen LogP contribution in [0.4, 0.5) is 5.13 Å². The third-order valence-electron chi connectivity index (χ3n) is 2.78. The number of nitrogens with zero attached hydrogens (tertiary/aromatic N) is 4. The van der Waals surface area contributed by atoms with Gasteiger partial charge in [0.15, 0.2) is 11.1 Å². The Balaban J connectivity index is 1.93. The molecule has 0 saturated heterocycles. The monoisotopic (exact) mass is 253 g/mol. The van der Waals surface area contributed by atoms with Gasteiger partial charge in [-0.25, -0.2) is 9.98 Å². The number of aromatic nitrogens is 1. The second kappa shape index (κ2) is 4.91. The fourth-order valence-corrected chi connectivity index (χ4v) is 2.25. The van der Waals surface area contributed by atoms with Crippen LogP contribution in [0.1, 0.15) is 18.5 Å². The maximum absolute atomic E-state index is 5.91. The predicted octanol–water partition coefficient (Wildman–Crippen LogP) is 1.12. The normalized spacial score (nSPS) is 16.1. The van der Waals surface area contributed by atoms with Crippen LogP contribution in [0.15, 0.2) is 10.4 Å². The Morgan fingerprint density at radius 1 is 1.53 bits per heavy atom. The lowest BCUT2D eigenvalue weighted by atomic mass is 10.5. The fraction of sp³-hybridized carbons (Fsp3) is 0.636. The Labute approximate surface area is 106 Å². The molecule has 0 amide bonds. The molecule has 1 aliphatic rings. The van der Waals surface area contributed by atoms with Crippen LogP contribution in [-0.4, -0.2) is 43.0 Å². The zero-order chi connectivity index (χ0) is 12.4. The van der Waals surface area contributed by atoms with E-state index in [9.17, 15) is 0 Å². The number of nitrogens with two attached hydrogens (primary N) is 1. The van der Waals surface area contributed by atoms with Gasteiger partial charge in [0, 0.05) is 32.6 Å². The number of hydrogen-bond acceptors (Lipinski definition) is 4. The molecule has 0 atom stereocenters. The minimum atomic E-state index is 0.563. The van der Waals surface area contributed by atoms with Gasteiger partial charge in [-0.3, -0.25) is 0 Å². The summed E-state index contributed by atoms with van der Waals surface area (Å²) in [6.45, 7) is 0.563. The first-order valence-corrected chi connectivity index (χ1v) is 6.60. The van der Waals surface area contributed by atoms with Crippen LogP contribution in [0.5, 0.6) is 0 Å². The first-order valence-electron chi connectivity index (χ1n) is 5.72. The van der Waals surface area contributed by atoms with Crippen LogP contribution < -0.4 is 10.6 Å². The summed E-state index contributed by atoms with van der Waals surface area (Å²) in [4.78, 5) is 12.9. The highest BCUT2D eigenvalue weighted by atomic mass is 32.1. The zero-order valence-corrected chi connectivity index (χ0v) is 11.4. The lowest BCUT2D eigenvalue weighted by molar-refractivity contribution is 0.487. The summed E-state index contributed by atoms with van der Waals surface area (Å²) in [6.07, 6.45) is 2.46. The molecule has 2 N–H and O–H groups in total. The quantitative estimate of drug-likeness (QED) is 0.645. The maximum Gasteiger partial charge on any atom is 0.191 e. The van der Waals surface area contributed by atoms with Crippen molar-refractivity contribution in [1.29, 1.82) is 0 Å². The molecule has 0 aliphatic heterocycles. The average Bonchev–Trinajstić information content (AvgIpc) is 3.03. The molecule has 0 aromatic carbocycles. The molecule has 94 valence electrons. The predicted molar refractivity (Wildman–Crippen MR) is 72.6 cm³/mol. The molecule has 2 rings (SSSR count). The van der Waals surface area contributed by atoms with Crippen molar-refractivity contribution in [2.75, 3.05) is 26.0 Å². The molecule has 1 heterocycles. The summed E-state index contributed by atoms with van der Waals surface area (Å²) >= 11 is 1.63. The largest absolute Gasteiger partial charge is 0.370 e. The highest BCUT2D eigenvalue weighted by molar-refractivity contribution is 7.13. The standard InChI is InChI=1S/C11H19N5S/c1-15(2)11-14-8(7-17-11)6-13-10(12)16(3)9-4-5-9/h7,9H,4-6H2,1-3H3,(H2,12,13). The number of rotatable bonds is 4. The van der Waals surface area contributed by atoms with Gasteiger partial charge in [-0.05, 0) is 12.8 Å². The van der Waals surface area contributed by atoms with E-state index < -0.39 is 0 Å². The lowest BCUT2D eigenvalue weighted by Crippen LogP contribution is -2.35. The van der Waals surface area contributed by atoms with E-state index in [1.807, 2.05) is 31.4 Å². The molecule has 6 heteroatoms. The van der Waals surface area contributed by atoms with Crippen LogP contribution in [-0.2, 0) is 6.54 Å². The van der Waals surface area contributed by atoms with Gasteiger partial charge in [-0.2, -0.15) is 0 Å². The summed E-state index contributed by atoms with van der Waals surface area (Å²) in [5.41, 5.74) is 6.89. The molecule has 1 aromatic rings. The summed E-state index contributed by atoms with van der Waals surface area (Å²) in [7, 11) is 5.98. The van der Waals surface area contributed by atoms with Gasteiger partial charge in [0.2, 0.25) is 0 Å². The van der Waals surface area contributed by atoms with E-state index in [0.29, 0.717) is 18.5 Å². The molecule has 1 aromatic heterocycles. The Bertz CT molecular complexity index is 408. The Morgan fingerprint density at radius 3 is 2.76 bits per heavy atom. The third kappa shape index (κ3) is 3.09. The van der Waals surface area contributed by atoms with Crippen molar-refractivity contribution >= 4 is 22.4 Å². The van der Waals surface area contributed by atoms with Gasteiger partial charge >= 0.3 is 0 Å². The van der Waals surface area contributed by atoms with Crippen molar-refractivity contribution in [1.82, 2.24) is 9.88 Å². The number of guanidine groups is 1. The van der Waals surface area contributed by atoms with Crippen molar-refractivity contribution in [3.63, 3.8) is 0 Å². The molecular formula is C11H19N5S. The number of aliphatic imine (C=N–C) groups is 1. The first kappa shape index (κ1) is 12.2. The maximum atomic E-state index is 5.91. The summed E-state index contributed by atoms with van der Waals surface area (Å²) in [5, 5.41) is 3.03. The number of anilines is 1. The van der Waals surface area contributed by atoms with Gasteiger partial charge in [0.1, 0.15) is 0 Å². The van der Waals surface area contributed by atoms with E-state index in [0.717, 1.165) is 10.8 Å². The van der Waals surface area contributed by atoms with Gasteiger partial charge in [0.05, 0.1) is 12.2 Å². The van der Waals surface area contributed by atoms with Gasteiger partial charge in [-0.1, -0.05) is 0 Å². The summed E-state index contributed by atoms with van der Waals surface area (Å²) < 4.78 is 0. The fourth-order valence-electron chi connectivity index (χ4n) is 1.50. The SMILES string of the molecule is CN(C)c1nc(CN=C(N)N(C)C2CC2)cs1. The molecule has 1 aliphatic carbocycles. The van der Waals surface area contributed by atoms with E-state index in [-0.39, 0.29) is 0 Å². The Morgan fingerprint density at radius 2 is 2.24 bits per heavy atom. The van der Waals surface area contributed by atoms with Crippen LogP contribution in [0, 0.1) is 0 Å². The molecule has 17 heavy (non-hydrogen) atoms. The Hall–Kier alpha value is -1.30. The van der Waals surface area contributed by atoms with E-state index in [1.165, 1.54) is 12.8 Å². The minimum absolute atomic E-state index is 0.563. The van der Waals surface area contributed by atoms with Gasteiger partial charge < -0.3 is 15.5 Å². The Kier molecular flexibility index (Phi) is 3.51. The molecule has 1 saturated carbocycles. The van der Waals surface area contributed by atoms with E-state index in [4.69, 9.17) is 5.73 Å². The molecule has 0 radical (unpaired) electrons. The highest BCUT2D eigenvalue weighted by Crippen LogP contribution is 2.25. The third-order valence-corrected chi connectivity index (χ3v) is 3.84. The smallest absolute Gasteiger partial charge is 0.191 e. The van der Waals surface area contributed by atoms with E-state index in [2.05, 4.69) is 14.9 Å². The summed E-state index contributed by atoms with van der Waals surface area (Å²) in [5.74, 6) is 0.618. The molecule has 0 bridgehead atoms. The number of hydrogen-bond donors (Lipinski definition) is 1. The second-order valence-corrected chi connectivity index (χ2v) is 5.37. The molecule has 1 fully saturated rings. The number of thiazole rings is 1. The average molecular weight is 253 g/mol. The lowest BCUT2D eigenvalue weighted by Gasteiger charge is -2.16. The highest BCUT2D eigenvalue weighted by Gasteiger charge is 2.27. The van der Waals surface area contributed by atoms with Crippen molar-refractivity contribution < 1.29 is 0 Å². The van der Waals surface area contributed by atoms with Crippen molar-refractivity contribution in [3.8, 4) is 0 Å². The van der Waals surface area contributed by atoms with Gasteiger partial charge in [-0.15, -0.1) is 11.3 Å². The van der Waals surface area contributed by atoms with Crippen molar-refractivity contribution in [2.24, 2.45) is 10.7 Å². The van der Waals surface area contributed by atoms with Crippen molar-refractivity contribution in [3.05, 3.63) is 11.1 Å². The minimum Gasteiger partial charge on any atom is -0.370 e. The molecular weight excluding hydrogens is 234 g/mol. The van der Waals surface area contributed by atoms with E-state index in [1.54, 1.807) is 11.3 Å². The van der Waals surface area contributed by atoms with E-state index >= 15 is 0 Å². The first-order chi connectivity index (χ1) is 8.08. The van der Waals surface area contributed by atoms with Gasteiger partial charge in [0.25, 0.3) is 0 Å². The van der Waals surface area contributed by atoms with Crippen LogP contribution in [0.2, 0.25) is 0 Å². The molecule has 0 unspecified atom stereocenters. The van der Waals surface area contributed by atoms with Crippen LogP contribution >= 0.6 is 11.3 Å². The zero-order valence-electron chi connectivity index (χ0n) is 10.6.